The fourth-order valence-corrected chi connectivity index (χ4v) is 3.49. The Hall–Kier alpha value is -1.30. The number of hydrogen-bond acceptors (Lipinski definition) is 3. The van der Waals surface area contributed by atoms with Crippen LogP contribution < -0.4 is 5.73 Å². The largest absolute Gasteiger partial charge is 0.338 e. The van der Waals surface area contributed by atoms with Gasteiger partial charge in [0.15, 0.2) is 0 Å². The maximum absolute atomic E-state index is 12.6. The van der Waals surface area contributed by atoms with Crippen LogP contribution in [0.5, 0.6) is 0 Å². The molecule has 2 amide bonds. The summed E-state index contributed by atoms with van der Waals surface area (Å²) in [4.78, 5) is 28.5. The Balaban J connectivity index is 1.99. The molecular formula is C17H23Cl2N3O2. The Morgan fingerprint density at radius 3 is 2.08 bits per heavy atom. The smallest absolute Gasteiger partial charge is 0.254 e. The van der Waals surface area contributed by atoms with Gasteiger partial charge in [-0.25, -0.2) is 0 Å². The first kappa shape index (κ1) is 19.0. The predicted octanol–water partition coefficient (Wildman–Crippen LogP) is 2.80. The fraction of sp³-hybridized carbons (Fsp3) is 0.529. The topological polar surface area (TPSA) is 66.6 Å². The average molecular weight is 372 g/mol. The van der Waals surface area contributed by atoms with Crippen LogP contribution in [0.2, 0.25) is 10.0 Å². The molecule has 1 aliphatic rings. The standard InChI is InChI=1S/C17H23Cl2N3O2/c1-3-4-17(2,20)16(24)22-7-5-21(6-8-22)15(23)12-9-13(18)11-14(19)10-12/h9-11H,3-8,20H2,1-2H3. The van der Waals surface area contributed by atoms with Crippen LogP contribution in [0, 0.1) is 0 Å². The zero-order valence-electron chi connectivity index (χ0n) is 14.0. The summed E-state index contributed by atoms with van der Waals surface area (Å²) in [6.45, 7) is 5.67. The van der Waals surface area contributed by atoms with E-state index >= 15 is 0 Å². The lowest BCUT2D eigenvalue weighted by atomic mass is 9.95. The summed E-state index contributed by atoms with van der Waals surface area (Å²) >= 11 is 11.9. The van der Waals surface area contributed by atoms with Crippen molar-refractivity contribution < 1.29 is 9.59 Å². The first-order valence-electron chi connectivity index (χ1n) is 8.08. The van der Waals surface area contributed by atoms with E-state index in [1.807, 2.05) is 6.92 Å². The molecule has 1 aromatic carbocycles. The normalized spacial score (nSPS) is 17.5. The summed E-state index contributed by atoms with van der Waals surface area (Å²) in [6.07, 6.45) is 1.50. The molecule has 1 heterocycles. The van der Waals surface area contributed by atoms with Gasteiger partial charge in [0.2, 0.25) is 5.91 Å². The Labute approximate surface area is 152 Å². The Kier molecular flexibility index (Phi) is 6.12. The molecule has 132 valence electrons. The molecule has 0 aromatic heterocycles. The van der Waals surface area contributed by atoms with Crippen molar-refractivity contribution in [2.45, 2.75) is 32.2 Å². The van der Waals surface area contributed by atoms with Crippen LogP contribution in [-0.2, 0) is 4.79 Å². The zero-order chi connectivity index (χ0) is 17.9. The minimum Gasteiger partial charge on any atom is -0.338 e. The molecule has 0 bridgehead atoms. The molecule has 1 aliphatic heterocycles. The van der Waals surface area contributed by atoms with E-state index in [4.69, 9.17) is 28.9 Å². The molecule has 5 nitrogen and oxygen atoms in total. The van der Waals surface area contributed by atoms with E-state index in [1.54, 1.807) is 34.9 Å². The quantitative estimate of drug-likeness (QED) is 0.884. The van der Waals surface area contributed by atoms with Gasteiger partial charge in [0.25, 0.3) is 5.91 Å². The van der Waals surface area contributed by atoms with Crippen molar-refractivity contribution in [3.8, 4) is 0 Å². The molecule has 0 aliphatic carbocycles. The highest BCUT2D eigenvalue weighted by molar-refractivity contribution is 6.35. The van der Waals surface area contributed by atoms with Crippen LogP contribution in [0.3, 0.4) is 0 Å². The van der Waals surface area contributed by atoms with Crippen molar-refractivity contribution in [2.75, 3.05) is 26.2 Å². The second-order valence-electron chi connectivity index (χ2n) is 6.41. The lowest BCUT2D eigenvalue weighted by Crippen LogP contribution is -2.58. The van der Waals surface area contributed by atoms with E-state index in [0.717, 1.165) is 6.42 Å². The monoisotopic (exact) mass is 371 g/mol. The van der Waals surface area contributed by atoms with Gasteiger partial charge >= 0.3 is 0 Å². The number of nitrogens with two attached hydrogens (primary N) is 1. The number of benzene rings is 1. The van der Waals surface area contributed by atoms with Gasteiger partial charge in [-0.15, -0.1) is 0 Å². The second kappa shape index (κ2) is 7.72. The first-order chi connectivity index (χ1) is 11.2. The molecule has 0 saturated carbocycles. The lowest BCUT2D eigenvalue weighted by Gasteiger charge is -2.38. The number of carbonyl (C=O) groups is 2. The highest BCUT2D eigenvalue weighted by atomic mass is 35.5. The maximum atomic E-state index is 12.6. The third kappa shape index (κ3) is 4.41. The highest BCUT2D eigenvalue weighted by Gasteiger charge is 2.34. The molecule has 1 fully saturated rings. The van der Waals surface area contributed by atoms with E-state index in [0.29, 0.717) is 48.2 Å². The third-order valence-electron chi connectivity index (χ3n) is 4.22. The summed E-state index contributed by atoms with van der Waals surface area (Å²) in [5, 5.41) is 0.858. The van der Waals surface area contributed by atoms with Crippen molar-refractivity contribution in [1.29, 1.82) is 0 Å². The Bertz CT molecular complexity index is 606. The summed E-state index contributed by atoms with van der Waals surface area (Å²) < 4.78 is 0. The zero-order valence-corrected chi connectivity index (χ0v) is 15.5. The molecule has 0 radical (unpaired) electrons. The number of halogens is 2. The SMILES string of the molecule is CCCC(C)(N)C(=O)N1CCN(C(=O)c2cc(Cl)cc(Cl)c2)CC1. The van der Waals surface area contributed by atoms with E-state index in [1.165, 1.54) is 0 Å². The summed E-state index contributed by atoms with van der Waals surface area (Å²) in [5.41, 5.74) is 5.73. The molecule has 24 heavy (non-hydrogen) atoms. The molecule has 1 saturated heterocycles. The number of nitrogens with zero attached hydrogens (tertiary/aromatic N) is 2. The summed E-state index contributed by atoms with van der Waals surface area (Å²) in [7, 11) is 0. The van der Waals surface area contributed by atoms with Gasteiger partial charge < -0.3 is 15.5 Å². The van der Waals surface area contributed by atoms with Crippen LogP contribution in [-0.4, -0.2) is 53.3 Å². The van der Waals surface area contributed by atoms with Gasteiger partial charge in [-0.2, -0.15) is 0 Å². The fourth-order valence-electron chi connectivity index (χ4n) is 2.96. The van der Waals surface area contributed by atoms with Crippen molar-refractivity contribution in [3.63, 3.8) is 0 Å². The van der Waals surface area contributed by atoms with E-state index in [-0.39, 0.29) is 11.8 Å². The minimum atomic E-state index is -0.846. The van der Waals surface area contributed by atoms with E-state index in [9.17, 15) is 9.59 Å². The van der Waals surface area contributed by atoms with E-state index < -0.39 is 5.54 Å². The molecular weight excluding hydrogens is 349 g/mol. The van der Waals surface area contributed by atoms with Crippen LogP contribution in [0.15, 0.2) is 18.2 Å². The van der Waals surface area contributed by atoms with Crippen molar-refractivity contribution in [3.05, 3.63) is 33.8 Å². The van der Waals surface area contributed by atoms with Gasteiger partial charge in [0, 0.05) is 41.8 Å². The highest BCUT2D eigenvalue weighted by Crippen LogP contribution is 2.21. The molecule has 2 rings (SSSR count). The number of hydrogen-bond donors (Lipinski definition) is 1. The number of rotatable bonds is 4. The number of piperazine rings is 1. The van der Waals surface area contributed by atoms with Crippen molar-refractivity contribution in [1.82, 2.24) is 9.80 Å². The predicted molar refractivity (Wildman–Crippen MR) is 96.4 cm³/mol. The molecule has 1 unspecified atom stereocenters. The maximum Gasteiger partial charge on any atom is 0.254 e. The van der Waals surface area contributed by atoms with E-state index in [2.05, 4.69) is 0 Å². The van der Waals surface area contributed by atoms with Crippen LogP contribution in [0.4, 0.5) is 0 Å². The molecule has 2 N–H and O–H groups in total. The van der Waals surface area contributed by atoms with Crippen LogP contribution in [0.25, 0.3) is 0 Å². The average Bonchev–Trinajstić information content (AvgIpc) is 2.52. The summed E-state index contributed by atoms with van der Waals surface area (Å²) in [6, 6.07) is 4.79. The molecule has 0 spiro atoms. The van der Waals surface area contributed by atoms with Crippen LogP contribution >= 0.6 is 23.2 Å². The first-order valence-corrected chi connectivity index (χ1v) is 8.84. The Morgan fingerprint density at radius 2 is 1.58 bits per heavy atom. The van der Waals surface area contributed by atoms with Gasteiger partial charge in [-0.05, 0) is 31.5 Å². The van der Waals surface area contributed by atoms with Gasteiger partial charge in [0.05, 0.1) is 5.54 Å². The second-order valence-corrected chi connectivity index (χ2v) is 7.28. The van der Waals surface area contributed by atoms with Crippen molar-refractivity contribution >= 4 is 35.0 Å². The number of amides is 2. The van der Waals surface area contributed by atoms with Gasteiger partial charge in [-0.1, -0.05) is 36.5 Å². The molecule has 1 aromatic rings. The third-order valence-corrected chi connectivity index (χ3v) is 4.66. The van der Waals surface area contributed by atoms with Gasteiger partial charge in [-0.3, -0.25) is 9.59 Å². The number of carbonyl (C=O) groups excluding carboxylic acids is 2. The molecule has 1 atom stereocenters. The molecule has 7 heteroatoms. The van der Waals surface area contributed by atoms with Gasteiger partial charge in [0.1, 0.15) is 0 Å². The van der Waals surface area contributed by atoms with Crippen LogP contribution in [0.1, 0.15) is 37.0 Å². The van der Waals surface area contributed by atoms with Crippen molar-refractivity contribution in [2.24, 2.45) is 5.73 Å². The Morgan fingerprint density at radius 1 is 1.08 bits per heavy atom. The minimum absolute atomic E-state index is 0.0535. The summed E-state index contributed by atoms with van der Waals surface area (Å²) in [5.74, 6) is -0.183. The lowest BCUT2D eigenvalue weighted by molar-refractivity contribution is -0.138.